The number of urea groups is 1. The number of rotatable bonds is 5. The predicted octanol–water partition coefficient (Wildman–Crippen LogP) is 4.25. The molecular weight excluding hydrogens is 281 g/mol. The highest BCUT2D eigenvalue weighted by Gasteiger charge is 2.20. The largest absolute Gasteiger partial charge is 0.324 e. The van der Waals surface area contributed by atoms with Gasteiger partial charge in [0, 0.05) is 13.1 Å². The fraction of sp³-hybridized carbons (Fsp3) is 0.533. The third kappa shape index (κ3) is 4.95. The molecule has 1 rings (SSSR count). The third-order valence-corrected chi connectivity index (χ3v) is 2.74. The maximum absolute atomic E-state index is 13.6. The van der Waals surface area contributed by atoms with Crippen LogP contribution < -0.4 is 5.32 Å². The number of benzene rings is 1. The van der Waals surface area contributed by atoms with Crippen LogP contribution in [0, 0.1) is 29.3 Å². The Morgan fingerprint density at radius 1 is 1.05 bits per heavy atom. The van der Waals surface area contributed by atoms with Crippen molar-refractivity contribution in [2.24, 2.45) is 11.8 Å². The molecule has 118 valence electrons. The zero-order valence-electron chi connectivity index (χ0n) is 12.7. The van der Waals surface area contributed by atoms with E-state index >= 15 is 0 Å². The quantitative estimate of drug-likeness (QED) is 0.810. The second-order valence-electron chi connectivity index (χ2n) is 5.85. The molecule has 1 aromatic rings. The number of hydrogen-bond acceptors (Lipinski definition) is 1. The molecule has 0 radical (unpaired) electrons. The summed E-state index contributed by atoms with van der Waals surface area (Å²) >= 11 is 0. The third-order valence-electron chi connectivity index (χ3n) is 2.74. The molecule has 0 spiro atoms. The van der Waals surface area contributed by atoms with Crippen molar-refractivity contribution < 1.29 is 18.0 Å². The van der Waals surface area contributed by atoms with Gasteiger partial charge in [0.1, 0.15) is 0 Å². The highest BCUT2D eigenvalue weighted by molar-refractivity contribution is 5.89. The molecule has 6 heteroatoms. The second kappa shape index (κ2) is 7.33. The molecule has 0 fully saturated rings. The molecule has 0 aromatic heterocycles. The van der Waals surface area contributed by atoms with Crippen LogP contribution >= 0.6 is 0 Å². The Morgan fingerprint density at radius 2 is 1.57 bits per heavy atom. The highest BCUT2D eigenvalue weighted by Crippen LogP contribution is 2.20. The summed E-state index contributed by atoms with van der Waals surface area (Å²) in [7, 11) is 0. The molecule has 0 saturated heterocycles. The van der Waals surface area contributed by atoms with Gasteiger partial charge in [-0.25, -0.2) is 18.0 Å². The monoisotopic (exact) mass is 302 g/mol. The van der Waals surface area contributed by atoms with Gasteiger partial charge in [0.05, 0.1) is 5.69 Å². The number of carbonyl (C=O) groups excluding carboxylic acids is 1. The number of nitrogens with one attached hydrogen (secondary N) is 1. The van der Waals surface area contributed by atoms with E-state index in [4.69, 9.17) is 0 Å². The van der Waals surface area contributed by atoms with Gasteiger partial charge in [0.2, 0.25) is 0 Å². The zero-order chi connectivity index (χ0) is 16.2. The molecule has 1 aromatic carbocycles. The lowest BCUT2D eigenvalue weighted by Gasteiger charge is -2.26. The van der Waals surface area contributed by atoms with Gasteiger partial charge in [-0.3, -0.25) is 0 Å². The van der Waals surface area contributed by atoms with Gasteiger partial charge in [0.25, 0.3) is 0 Å². The van der Waals surface area contributed by atoms with E-state index in [2.05, 4.69) is 5.32 Å². The first-order valence-electron chi connectivity index (χ1n) is 6.91. The van der Waals surface area contributed by atoms with Gasteiger partial charge >= 0.3 is 6.03 Å². The SMILES string of the molecule is CC(C)CN(CC(C)C)C(=O)Nc1ccc(F)c(F)c1F. The average Bonchev–Trinajstić information content (AvgIpc) is 2.37. The summed E-state index contributed by atoms with van der Waals surface area (Å²) in [6.07, 6.45) is 0. The first-order chi connectivity index (χ1) is 9.72. The number of nitrogens with zero attached hydrogens (tertiary/aromatic N) is 1. The smallest absolute Gasteiger partial charge is 0.321 e. The summed E-state index contributed by atoms with van der Waals surface area (Å²) in [6.45, 7) is 8.82. The predicted molar refractivity (Wildman–Crippen MR) is 76.6 cm³/mol. The van der Waals surface area contributed by atoms with Crippen molar-refractivity contribution in [2.45, 2.75) is 27.7 Å². The van der Waals surface area contributed by atoms with Crippen LogP contribution in [0.1, 0.15) is 27.7 Å². The topological polar surface area (TPSA) is 32.3 Å². The molecule has 0 aliphatic carbocycles. The number of hydrogen-bond donors (Lipinski definition) is 1. The second-order valence-corrected chi connectivity index (χ2v) is 5.85. The molecule has 0 atom stereocenters. The normalized spacial score (nSPS) is 11.1. The highest BCUT2D eigenvalue weighted by atomic mass is 19.2. The van der Waals surface area contributed by atoms with Crippen LogP contribution in [0.25, 0.3) is 0 Å². The fourth-order valence-corrected chi connectivity index (χ4v) is 1.94. The maximum Gasteiger partial charge on any atom is 0.321 e. The molecule has 2 amide bonds. The summed E-state index contributed by atoms with van der Waals surface area (Å²) in [6, 6.07) is 1.26. The maximum atomic E-state index is 13.6. The van der Waals surface area contributed by atoms with Crippen LogP contribution in [0.15, 0.2) is 12.1 Å². The van der Waals surface area contributed by atoms with E-state index in [1.54, 1.807) is 0 Å². The molecule has 0 heterocycles. The van der Waals surface area contributed by atoms with E-state index in [-0.39, 0.29) is 17.5 Å². The number of carbonyl (C=O) groups is 1. The lowest BCUT2D eigenvalue weighted by atomic mass is 10.1. The molecule has 0 unspecified atom stereocenters. The Balaban J connectivity index is 2.88. The van der Waals surface area contributed by atoms with Crippen LogP contribution in [0.4, 0.5) is 23.7 Å². The Hall–Kier alpha value is -1.72. The van der Waals surface area contributed by atoms with E-state index in [0.717, 1.165) is 12.1 Å². The van der Waals surface area contributed by atoms with E-state index in [1.165, 1.54) is 4.90 Å². The summed E-state index contributed by atoms with van der Waals surface area (Å²) in [5, 5.41) is 2.29. The van der Waals surface area contributed by atoms with Crippen molar-refractivity contribution in [1.29, 1.82) is 0 Å². The molecule has 1 N–H and O–H groups in total. The van der Waals surface area contributed by atoms with Crippen molar-refractivity contribution in [2.75, 3.05) is 18.4 Å². The number of anilines is 1. The summed E-state index contributed by atoms with van der Waals surface area (Å²) < 4.78 is 39.6. The minimum absolute atomic E-state index is 0.240. The molecule has 0 aliphatic rings. The Labute approximate surface area is 123 Å². The Morgan fingerprint density at radius 3 is 2.05 bits per heavy atom. The first-order valence-corrected chi connectivity index (χ1v) is 6.91. The molecule has 21 heavy (non-hydrogen) atoms. The van der Waals surface area contributed by atoms with Gasteiger partial charge in [-0.05, 0) is 24.0 Å². The molecular formula is C15H21F3N2O. The average molecular weight is 302 g/mol. The standard InChI is InChI=1S/C15H21F3N2O/c1-9(2)7-20(8-10(3)4)15(21)19-12-6-5-11(16)13(17)14(12)18/h5-6,9-10H,7-8H2,1-4H3,(H,19,21). The van der Waals surface area contributed by atoms with Crippen LogP contribution in [0.5, 0.6) is 0 Å². The summed E-state index contributed by atoms with van der Waals surface area (Å²) in [5.74, 6) is -3.79. The molecule has 0 aliphatic heterocycles. The Kier molecular flexibility index (Phi) is 6.05. The van der Waals surface area contributed by atoms with E-state index in [9.17, 15) is 18.0 Å². The number of amides is 2. The fourth-order valence-electron chi connectivity index (χ4n) is 1.94. The molecule has 3 nitrogen and oxygen atoms in total. The molecule has 0 saturated carbocycles. The van der Waals surface area contributed by atoms with Gasteiger partial charge in [-0.2, -0.15) is 0 Å². The molecule has 0 bridgehead atoms. The summed E-state index contributed by atoms with van der Waals surface area (Å²) in [4.78, 5) is 13.7. The van der Waals surface area contributed by atoms with Gasteiger partial charge in [-0.1, -0.05) is 27.7 Å². The van der Waals surface area contributed by atoms with E-state index < -0.39 is 23.5 Å². The van der Waals surface area contributed by atoms with Gasteiger partial charge in [-0.15, -0.1) is 0 Å². The Bertz CT molecular complexity index is 494. The van der Waals surface area contributed by atoms with E-state index in [1.807, 2.05) is 27.7 Å². The zero-order valence-corrected chi connectivity index (χ0v) is 12.7. The van der Waals surface area contributed by atoms with Crippen molar-refractivity contribution in [1.82, 2.24) is 4.90 Å². The van der Waals surface area contributed by atoms with E-state index in [0.29, 0.717) is 13.1 Å². The minimum atomic E-state index is -1.59. The van der Waals surface area contributed by atoms with Crippen molar-refractivity contribution >= 4 is 11.7 Å². The van der Waals surface area contributed by atoms with Crippen molar-refractivity contribution in [3.05, 3.63) is 29.6 Å². The number of halogens is 3. The van der Waals surface area contributed by atoms with Gasteiger partial charge < -0.3 is 10.2 Å². The minimum Gasteiger partial charge on any atom is -0.324 e. The summed E-state index contributed by atoms with van der Waals surface area (Å²) in [5.41, 5.74) is -0.364. The van der Waals surface area contributed by atoms with Crippen molar-refractivity contribution in [3.8, 4) is 0 Å². The van der Waals surface area contributed by atoms with Crippen LogP contribution in [-0.4, -0.2) is 24.0 Å². The van der Waals surface area contributed by atoms with Crippen LogP contribution in [-0.2, 0) is 0 Å². The van der Waals surface area contributed by atoms with Crippen molar-refractivity contribution in [3.63, 3.8) is 0 Å². The lowest BCUT2D eigenvalue weighted by Crippen LogP contribution is -2.40. The first kappa shape index (κ1) is 17.3. The van der Waals surface area contributed by atoms with Gasteiger partial charge in [0.15, 0.2) is 17.5 Å². The van der Waals surface area contributed by atoms with Crippen LogP contribution in [0.2, 0.25) is 0 Å². The lowest BCUT2D eigenvalue weighted by molar-refractivity contribution is 0.196. The van der Waals surface area contributed by atoms with Crippen LogP contribution in [0.3, 0.4) is 0 Å².